The summed E-state index contributed by atoms with van der Waals surface area (Å²) in [6, 6.07) is 0.210. The zero-order valence-electron chi connectivity index (χ0n) is 14.8. The minimum Gasteiger partial charge on any atom is -0.496 e. The van der Waals surface area contributed by atoms with E-state index >= 15 is 0 Å². The first-order chi connectivity index (χ1) is 13.0. The Morgan fingerprint density at radius 1 is 1.43 bits per heavy atom. The normalized spacial score (nSPS) is 19.7. The molecule has 1 aliphatic carbocycles. The largest absolute Gasteiger partial charge is 0.496 e. The fourth-order valence-electron chi connectivity index (χ4n) is 3.38. The molecule has 0 saturated carbocycles. The number of carboxylic acids is 1. The smallest absolute Gasteiger partial charge is 0.425 e. The van der Waals surface area contributed by atoms with Gasteiger partial charge in [0.25, 0.3) is 5.91 Å². The zero-order chi connectivity index (χ0) is 20.8. The number of amides is 1. The highest BCUT2D eigenvalue weighted by molar-refractivity contribution is 7.10. The van der Waals surface area contributed by atoms with Crippen LogP contribution in [0.15, 0.2) is 45.2 Å². The van der Waals surface area contributed by atoms with E-state index in [2.05, 4.69) is 0 Å². The summed E-state index contributed by atoms with van der Waals surface area (Å²) < 4.78 is 43.9. The van der Waals surface area contributed by atoms with Crippen LogP contribution in [-0.2, 0) is 15.7 Å². The van der Waals surface area contributed by atoms with Crippen LogP contribution in [0.2, 0.25) is 0 Å². The van der Waals surface area contributed by atoms with Gasteiger partial charge in [0.05, 0.1) is 30.2 Å². The predicted octanol–water partition coefficient (Wildman–Crippen LogP) is 4.77. The summed E-state index contributed by atoms with van der Waals surface area (Å²) in [6.07, 6.45) is -3.10. The molecular weight excluding hydrogens is 419 g/mol. The molecule has 0 radical (unpaired) electrons. The maximum atomic E-state index is 13.0. The molecule has 1 unspecified atom stereocenters. The molecule has 1 atom stereocenters. The third-order valence-corrected chi connectivity index (χ3v) is 5.95. The Kier molecular flexibility index (Phi) is 5.33. The van der Waals surface area contributed by atoms with Crippen LogP contribution in [0.3, 0.4) is 0 Å². The van der Waals surface area contributed by atoms with Crippen LogP contribution < -0.4 is 0 Å². The molecule has 0 spiro atoms. The van der Waals surface area contributed by atoms with Crippen LogP contribution in [0.1, 0.15) is 35.0 Å². The Bertz CT molecular complexity index is 945. The Hall–Kier alpha value is -2.26. The lowest BCUT2D eigenvalue weighted by molar-refractivity contribution is -0.136. The Morgan fingerprint density at radius 2 is 2.11 bits per heavy atom. The number of allylic oxidation sites excluding steroid dienone is 2. The van der Waals surface area contributed by atoms with Gasteiger partial charge in [-0.15, -0.1) is 11.3 Å². The number of thiophene rings is 1. The molecular formula is C18H15ClF3NO4S. The SMILES string of the molecule is COC1=C(Cl)CC2C(=C1)C(CC(=O)O)=C(C)N2C(=O)c1csc(C(F)(F)F)c1. The van der Waals surface area contributed by atoms with Crippen LogP contribution >= 0.6 is 22.9 Å². The molecule has 150 valence electrons. The van der Waals surface area contributed by atoms with Crippen LogP contribution in [0.25, 0.3) is 0 Å². The molecule has 1 aromatic rings. The second-order valence-electron chi connectivity index (χ2n) is 6.30. The number of alkyl halides is 3. The number of rotatable bonds is 4. The fraction of sp³-hybridized carbons (Fsp3) is 0.333. The summed E-state index contributed by atoms with van der Waals surface area (Å²) in [6.45, 7) is 1.58. The molecule has 1 amide bonds. The zero-order valence-corrected chi connectivity index (χ0v) is 16.3. The molecule has 0 saturated heterocycles. The van der Waals surface area contributed by atoms with Crippen LogP contribution in [0, 0.1) is 0 Å². The third-order valence-electron chi connectivity index (χ3n) is 4.64. The van der Waals surface area contributed by atoms with Gasteiger partial charge in [-0.1, -0.05) is 11.6 Å². The van der Waals surface area contributed by atoms with Crippen molar-refractivity contribution in [1.29, 1.82) is 0 Å². The van der Waals surface area contributed by atoms with E-state index < -0.39 is 29.0 Å². The molecule has 0 aromatic carbocycles. The summed E-state index contributed by atoms with van der Waals surface area (Å²) in [4.78, 5) is 24.7. The van der Waals surface area contributed by atoms with Gasteiger partial charge in [-0.3, -0.25) is 9.59 Å². The molecule has 5 nitrogen and oxygen atoms in total. The fourth-order valence-corrected chi connectivity index (χ4v) is 4.41. The first-order valence-electron chi connectivity index (χ1n) is 8.10. The average molecular weight is 434 g/mol. The molecule has 10 heteroatoms. The van der Waals surface area contributed by atoms with E-state index in [1.807, 2.05) is 0 Å². The number of nitrogens with zero attached hydrogens (tertiary/aromatic N) is 1. The van der Waals surface area contributed by atoms with Gasteiger partial charge in [0.15, 0.2) is 0 Å². The van der Waals surface area contributed by atoms with Crippen LogP contribution in [0.4, 0.5) is 13.2 Å². The number of aliphatic carboxylic acids is 1. The maximum absolute atomic E-state index is 13.0. The molecule has 28 heavy (non-hydrogen) atoms. The quantitative estimate of drug-likeness (QED) is 0.743. The van der Waals surface area contributed by atoms with Crippen molar-refractivity contribution in [3.8, 4) is 0 Å². The van der Waals surface area contributed by atoms with E-state index in [1.165, 1.54) is 12.0 Å². The highest BCUT2D eigenvalue weighted by atomic mass is 35.5. The molecule has 2 aliphatic rings. The monoisotopic (exact) mass is 433 g/mol. The van der Waals surface area contributed by atoms with E-state index in [9.17, 15) is 27.9 Å². The molecule has 2 heterocycles. The molecule has 0 bridgehead atoms. The van der Waals surface area contributed by atoms with Crippen molar-refractivity contribution in [1.82, 2.24) is 4.90 Å². The molecule has 0 fully saturated rings. The van der Waals surface area contributed by atoms with Gasteiger partial charge >= 0.3 is 12.1 Å². The number of hydrogen-bond donors (Lipinski definition) is 1. The number of carboxylic acid groups (broad SMARTS) is 1. The van der Waals surface area contributed by atoms with E-state index in [4.69, 9.17) is 16.3 Å². The molecule has 1 aromatic heterocycles. The van der Waals surface area contributed by atoms with E-state index in [0.29, 0.717) is 39.0 Å². The average Bonchev–Trinajstić information content (AvgIpc) is 3.18. The van der Waals surface area contributed by atoms with Gasteiger partial charge in [-0.05, 0) is 30.2 Å². The van der Waals surface area contributed by atoms with Gasteiger partial charge in [-0.25, -0.2) is 0 Å². The van der Waals surface area contributed by atoms with Gasteiger partial charge in [0.2, 0.25) is 0 Å². The number of methoxy groups -OCH3 is 1. The van der Waals surface area contributed by atoms with Crippen molar-refractivity contribution < 1.29 is 32.6 Å². The lowest BCUT2D eigenvalue weighted by Gasteiger charge is -2.29. The minimum atomic E-state index is -4.54. The van der Waals surface area contributed by atoms with Gasteiger partial charge < -0.3 is 14.7 Å². The van der Waals surface area contributed by atoms with Crippen LogP contribution in [0.5, 0.6) is 0 Å². The molecule has 1 N–H and O–H groups in total. The van der Waals surface area contributed by atoms with Gasteiger partial charge in [0, 0.05) is 17.5 Å². The second kappa shape index (κ2) is 7.29. The van der Waals surface area contributed by atoms with Crippen molar-refractivity contribution in [2.75, 3.05) is 7.11 Å². The third kappa shape index (κ3) is 3.56. The topological polar surface area (TPSA) is 66.8 Å². The second-order valence-corrected chi connectivity index (χ2v) is 7.67. The number of carbonyl (C=O) groups excluding carboxylic acids is 1. The minimum absolute atomic E-state index is 0.106. The van der Waals surface area contributed by atoms with Crippen molar-refractivity contribution in [3.05, 3.63) is 55.6 Å². The van der Waals surface area contributed by atoms with E-state index in [0.717, 1.165) is 11.4 Å². The lowest BCUT2D eigenvalue weighted by Crippen LogP contribution is -2.37. The Balaban J connectivity index is 2.03. The summed E-state index contributed by atoms with van der Waals surface area (Å²) in [5.74, 6) is -1.35. The first kappa shape index (κ1) is 20.5. The Labute approximate surface area is 167 Å². The van der Waals surface area contributed by atoms with E-state index in [1.54, 1.807) is 13.0 Å². The van der Waals surface area contributed by atoms with Crippen molar-refractivity contribution in [2.45, 2.75) is 32.0 Å². The van der Waals surface area contributed by atoms with Crippen molar-refractivity contribution >= 4 is 34.8 Å². The number of fused-ring (bicyclic) bond motifs is 1. The summed E-state index contributed by atoms with van der Waals surface area (Å²) >= 11 is 6.66. The molecule has 3 rings (SSSR count). The number of halogens is 4. The van der Waals surface area contributed by atoms with Crippen molar-refractivity contribution in [2.24, 2.45) is 0 Å². The first-order valence-corrected chi connectivity index (χ1v) is 9.35. The van der Waals surface area contributed by atoms with Crippen LogP contribution in [-0.4, -0.2) is 35.0 Å². The van der Waals surface area contributed by atoms with E-state index in [-0.39, 0.29) is 18.4 Å². The lowest BCUT2D eigenvalue weighted by atomic mass is 9.92. The number of ether oxygens (including phenoxy) is 1. The number of hydrogen-bond acceptors (Lipinski definition) is 4. The predicted molar refractivity (Wildman–Crippen MR) is 96.8 cm³/mol. The Morgan fingerprint density at radius 3 is 2.64 bits per heavy atom. The van der Waals surface area contributed by atoms with Gasteiger partial charge in [-0.2, -0.15) is 13.2 Å². The maximum Gasteiger partial charge on any atom is 0.425 e. The summed E-state index contributed by atoms with van der Waals surface area (Å²) in [5, 5.41) is 10.7. The number of carbonyl (C=O) groups is 2. The summed E-state index contributed by atoms with van der Waals surface area (Å²) in [7, 11) is 1.42. The molecule has 1 aliphatic heterocycles. The summed E-state index contributed by atoms with van der Waals surface area (Å²) in [5.41, 5.74) is 1.27. The standard InChI is InChI=1S/C18H15ClF3NO4S/c1-8-10(5-16(24)25)11-4-14(27-2)12(19)6-13(11)23(8)17(26)9-3-15(28-7-9)18(20,21)22/h3-4,7,13H,5-6H2,1-2H3,(H,24,25). The highest BCUT2D eigenvalue weighted by Gasteiger charge is 2.42. The van der Waals surface area contributed by atoms with Crippen molar-refractivity contribution in [3.63, 3.8) is 0 Å². The van der Waals surface area contributed by atoms with Gasteiger partial charge in [0.1, 0.15) is 10.6 Å². The highest BCUT2D eigenvalue weighted by Crippen LogP contribution is 2.44.